The second kappa shape index (κ2) is 9.67. The van der Waals surface area contributed by atoms with Crippen LogP contribution >= 0.6 is 11.3 Å². The van der Waals surface area contributed by atoms with Gasteiger partial charge in [0.25, 0.3) is 0 Å². The first-order valence-corrected chi connectivity index (χ1v) is 11.4. The Kier molecular flexibility index (Phi) is 6.70. The van der Waals surface area contributed by atoms with Crippen LogP contribution in [0.15, 0.2) is 39.7 Å². The van der Waals surface area contributed by atoms with Crippen molar-refractivity contribution >= 4 is 39.9 Å². The molecule has 4 rings (SSSR count). The Morgan fingerprint density at radius 2 is 2.09 bits per heavy atom. The highest BCUT2D eigenvalue weighted by atomic mass is 32.1. The van der Waals surface area contributed by atoms with E-state index in [4.69, 9.17) is 4.84 Å². The van der Waals surface area contributed by atoms with Crippen LogP contribution in [0.3, 0.4) is 0 Å². The summed E-state index contributed by atoms with van der Waals surface area (Å²) in [4.78, 5) is 38.5. The molecular weight excluding hydrogens is 449 g/mol. The van der Waals surface area contributed by atoms with E-state index in [9.17, 15) is 19.1 Å². The zero-order valence-corrected chi connectivity index (χ0v) is 19.1. The summed E-state index contributed by atoms with van der Waals surface area (Å²) in [5.41, 5.74) is -0.00890. The number of oxime groups is 1. The van der Waals surface area contributed by atoms with Crippen molar-refractivity contribution in [2.24, 2.45) is 5.16 Å². The number of aromatic carboxylic acids is 1. The van der Waals surface area contributed by atoms with Gasteiger partial charge in [0.2, 0.25) is 5.43 Å². The van der Waals surface area contributed by atoms with Crippen LogP contribution in [0, 0.1) is 5.82 Å². The molecule has 1 aliphatic rings. The smallest absolute Gasteiger partial charge is 0.341 e. The van der Waals surface area contributed by atoms with Gasteiger partial charge in [-0.25, -0.2) is 14.2 Å². The number of rotatable bonds is 7. The van der Waals surface area contributed by atoms with Crippen molar-refractivity contribution in [3.05, 3.63) is 56.3 Å². The Morgan fingerprint density at radius 1 is 1.33 bits per heavy atom. The molecule has 9 nitrogen and oxygen atoms in total. The zero-order chi connectivity index (χ0) is 23.5. The van der Waals surface area contributed by atoms with Crippen LogP contribution in [0.5, 0.6) is 0 Å². The van der Waals surface area contributed by atoms with Crippen LogP contribution in [-0.4, -0.2) is 71.1 Å². The van der Waals surface area contributed by atoms with Crippen molar-refractivity contribution in [1.29, 1.82) is 0 Å². The fraction of sp³-hybridized carbons (Fsp3) is 0.364. The van der Waals surface area contributed by atoms with E-state index >= 15 is 0 Å². The molecule has 1 N–H and O–H groups in total. The van der Waals surface area contributed by atoms with Gasteiger partial charge in [0.1, 0.15) is 24.0 Å². The van der Waals surface area contributed by atoms with Gasteiger partial charge >= 0.3 is 5.97 Å². The van der Waals surface area contributed by atoms with Crippen molar-refractivity contribution in [2.75, 3.05) is 44.7 Å². The summed E-state index contributed by atoms with van der Waals surface area (Å²) in [5, 5.41) is 15.4. The number of aromatic nitrogens is 2. The van der Waals surface area contributed by atoms with Crippen LogP contribution in [0.2, 0.25) is 0 Å². The summed E-state index contributed by atoms with van der Waals surface area (Å²) < 4.78 is 16.6. The summed E-state index contributed by atoms with van der Waals surface area (Å²) in [7, 11) is 1.52. The predicted molar refractivity (Wildman–Crippen MR) is 125 cm³/mol. The maximum absolute atomic E-state index is 15.0. The van der Waals surface area contributed by atoms with Crippen molar-refractivity contribution in [3.8, 4) is 0 Å². The number of carboxylic acid groups (broad SMARTS) is 1. The average molecular weight is 474 g/mol. The quantitative estimate of drug-likeness (QED) is 0.416. The summed E-state index contributed by atoms with van der Waals surface area (Å²) in [6, 6.07) is 5.06. The fourth-order valence-electron chi connectivity index (χ4n) is 3.93. The Labute approximate surface area is 193 Å². The Bertz CT molecular complexity index is 1250. The molecule has 0 amide bonds. The highest BCUT2D eigenvalue weighted by Crippen LogP contribution is 2.23. The first-order chi connectivity index (χ1) is 15.9. The van der Waals surface area contributed by atoms with E-state index in [0.29, 0.717) is 39.3 Å². The molecule has 3 aromatic heterocycles. The molecule has 1 aliphatic heterocycles. The molecule has 1 fully saturated rings. The lowest BCUT2D eigenvalue weighted by molar-refractivity contribution is 0.0695. The third-order valence-corrected chi connectivity index (χ3v) is 6.53. The maximum Gasteiger partial charge on any atom is 0.341 e. The molecule has 0 radical (unpaired) electrons. The topological polar surface area (TPSA) is 100 Å². The minimum absolute atomic E-state index is 0.0343. The molecule has 4 heterocycles. The lowest BCUT2D eigenvalue weighted by Gasteiger charge is -2.35. The minimum Gasteiger partial charge on any atom is -0.477 e. The molecule has 0 bridgehead atoms. The van der Waals surface area contributed by atoms with Crippen LogP contribution in [0.25, 0.3) is 11.0 Å². The van der Waals surface area contributed by atoms with Gasteiger partial charge in [-0.1, -0.05) is 11.2 Å². The molecule has 1 saturated heterocycles. The molecule has 174 valence electrons. The molecule has 0 unspecified atom stereocenters. The zero-order valence-electron chi connectivity index (χ0n) is 18.3. The van der Waals surface area contributed by atoms with E-state index in [-0.39, 0.29) is 16.9 Å². The Morgan fingerprint density at radius 3 is 2.70 bits per heavy atom. The number of hydrogen-bond acceptors (Lipinski definition) is 8. The van der Waals surface area contributed by atoms with Crippen LogP contribution in [0.4, 0.5) is 10.2 Å². The lowest BCUT2D eigenvalue weighted by atomic mass is 10.1. The van der Waals surface area contributed by atoms with E-state index in [1.165, 1.54) is 13.3 Å². The van der Waals surface area contributed by atoms with Crippen molar-refractivity contribution in [2.45, 2.75) is 13.5 Å². The van der Waals surface area contributed by atoms with E-state index in [0.717, 1.165) is 16.7 Å². The monoisotopic (exact) mass is 473 g/mol. The van der Waals surface area contributed by atoms with Crippen molar-refractivity contribution in [1.82, 2.24) is 14.5 Å². The molecule has 0 aliphatic carbocycles. The Hall–Kier alpha value is -3.31. The first kappa shape index (κ1) is 22.9. The van der Waals surface area contributed by atoms with Gasteiger partial charge in [0, 0.05) is 45.5 Å². The molecule has 3 aromatic rings. The van der Waals surface area contributed by atoms with Gasteiger partial charge in [-0.2, -0.15) is 0 Å². The van der Waals surface area contributed by atoms with E-state index < -0.39 is 22.8 Å². The summed E-state index contributed by atoms with van der Waals surface area (Å²) in [6.07, 6.45) is 1.26. The molecular formula is C22H24FN5O4S. The fourth-order valence-corrected chi connectivity index (χ4v) is 4.62. The minimum atomic E-state index is -1.34. The molecule has 11 heteroatoms. The lowest BCUT2D eigenvalue weighted by Crippen LogP contribution is -2.48. The highest BCUT2D eigenvalue weighted by Gasteiger charge is 2.24. The maximum atomic E-state index is 15.0. The number of anilines is 1. The van der Waals surface area contributed by atoms with Crippen LogP contribution in [0.1, 0.15) is 22.2 Å². The summed E-state index contributed by atoms with van der Waals surface area (Å²) in [5.74, 6) is -1.82. The Balaban J connectivity index is 1.56. The van der Waals surface area contributed by atoms with Gasteiger partial charge in [0.05, 0.1) is 10.3 Å². The summed E-state index contributed by atoms with van der Waals surface area (Å²) in [6.45, 7) is 5.26. The van der Waals surface area contributed by atoms with E-state index in [1.54, 1.807) is 15.9 Å². The normalized spacial score (nSPS) is 15.2. The number of hydrogen-bond donors (Lipinski definition) is 1. The number of carbonyl (C=O) groups is 1. The molecule has 33 heavy (non-hydrogen) atoms. The number of carboxylic acids is 1. The molecule has 0 aromatic carbocycles. The molecule has 0 saturated carbocycles. The number of nitrogens with zero attached hydrogens (tertiary/aromatic N) is 5. The second-order valence-electron chi connectivity index (χ2n) is 7.59. The number of fused-ring (bicyclic) bond motifs is 1. The van der Waals surface area contributed by atoms with Crippen LogP contribution in [-0.2, 0) is 11.4 Å². The van der Waals surface area contributed by atoms with Gasteiger partial charge in [-0.15, -0.1) is 11.3 Å². The van der Waals surface area contributed by atoms with Gasteiger partial charge in [-0.3, -0.25) is 9.69 Å². The van der Waals surface area contributed by atoms with E-state index in [2.05, 4.69) is 15.0 Å². The molecule has 0 spiro atoms. The van der Waals surface area contributed by atoms with Crippen LogP contribution < -0.4 is 10.3 Å². The third-order valence-electron chi connectivity index (χ3n) is 5.61. The third kappa shape index (κ3) is 4.60. The van der Waals surface area contributed by atoms with Gasteiger partial charge < -0.3 is 19.4 Å². The number of piperazine rings is 1. The molecule has 0 atom stereocenters. The number of halogens is 1. The standard InChI is InChI=1S/C22H24FN5O4S/c1-3-27-12-15(22(30)31)19(29)14-11-16(23)21(24-20(14)27)28-8-6-26(7-9-28)13-17(25-32-2)18-5-4-10-33-18/h4-5,10-12H,3,6-9,13H2,1-2H3,(H,30,31)/b25-17-. The van der Waals surface area contributed by atoms with Gasteiger partial charge in [-0.05, 0) is 24.4 Å². The highest BCUT2D eigenvalue weighted by molar-refractivity contribution is 7.12. The van der Waals surface area contributed by atoms with Crippen molar-refractivity contribution < 1.29 is 19.1 Å². The second-order valence-corrected chi connectivity index (χ2v) is 8.54. The number of thiophene rings is 1. The summed E-state index contributed by atoms with van der Waals surface area (Å²) >= 11 is 1.60. The average Bonchev–Trinajstić information content (AvgIpc) is 3.34. The SMILES string of the molecule is CCn1cc(C(=O)O)c(=O)c2cc(F)c(N3CCN(C/C(=N/OC)c4cccs4)CC3)nc21. The van der Waals surface area contributed by atoms with E-state index in [1.807, 2.05) is 29.3 Å². The first-order valence-electron chi connectivity index (χ1n) is 10.5. The van der Waals surface area contributed by atoms with Gasteiger partial charge in [0.15, 0.2) is 11.6 Å². The number of pyridine rings is 2. The predicted octanol–water partition coefficient (Wildman–Crippen LogP) is 2.49. The largest absolute Gasteiger partial charge is 0.477 e. The number of aryl methyl sites for hydroxylation is 1. The van der Waals surface area contributed by atoms with Crippen molar-refractivity contribution in [3.63, 3.8) is 0 Å².